The summed E-state index contributed by atoms with van der Waals surface area (Å²) in [6, 6.07) is 9.75. The molecular formula is C22H23ClN6O2S2. The average molecular weight is 503 g/mol. The first-order valence-corrected chi connectivity index (χ1v) is 12.1. The van der Waals surface area contributed by atoms with Crippen molar-refractivity contribution >= 4 is 76.8 Å². The minimum Gasteiger partial charge on any atom is -0.318 e. The van der Waals surface area contributed by atoms with Gasteiger partial charge in [-0.25, -0.2) is 9.97 Å². The van der Waals surface area contributed by atoms with Crippen molar-refractivity contribution < 1.29 is 9.59 Å². The van der Waals surface area contributed by atoms with E-state index in [0.29, 0.717) is 26.3 Å². The number of anilines is 2. The molecule has 0 unspecified atom stereocenters. The molecule has 4 rings (SSSR count). The van der Waals surface area contributed by atoms with Crippen LogP contribution in [0.3, 0.4) is 0 Å². The van der Waals surface area contributed by atoms with Crippen molar-refractivity contribution in [3.63, 3.8) is 0 Å². The van der Waals surface area contributed by atoms with Crippen molar-refractivity contribution in [2.75, 3.05) is 10.6 Å². The number of carbonyl (C=O) groups excluding carboxylic acids is 2. The Labute approximate surface area is 203 Å². The van der Waals surface area contributed by atoms with Crippen LogP contribution in [0.5, 0.6) is 0 Å². The first kappa shape index (κ1) is 23.5. The molecule has 0 aliphatic carbocycles. The summed E-state index contributed by atoms with van der Waals surface area (Å²) < 4.78 is 1.59. The Kier molecular flexibility index (Phi) is 5.92. The van der Waals surface area contributed by atoms with Crippen LogP contribution in [0.1, 0.15) is 27.7 Å². The highest BCUT2D eigenvalue weighted by atomic mass is 35.5. The van der Waals surface area contributed by atoms with Crippen LogP contribution in [-0.2, 0) is 9.59 Å². The molecule has 0 aliphatic rings. The summed E-state index contributed by atoms with van der Waals surface area (Å²) in [6.07, 6.45) is 0. The highest BCUT2D eigenvalue weighted by Crippen LogP contribution is 2.47. The minimum absolute atomic E-state index is 0.340. The van der Waals surface area contributed by atoms with Crippen LogP contribution in [0.2, 0.25) is 5.02 Å². The lowest BCUT2D eigenvalue weighted by atomic mass is 10.0. The molecule has 0 radical (unpaired) electrons. The highest BCUT2D eigenvalue weighted by molar-refractivity contribution is 7.25. The van der Waals surface area contributed by atoms with E-state index in [9.17, 15) is 9.59 Å². The molecule has 0 atom stereocenters. The maximum Gasteiger partial charge on any atom is 0.245 e. The number of nitrogens with zero attached hydrogens (tertiary/aromatic N) is 2. The van der Waals surface area contributed by atoms with E-state index in [1.165, 1.54) is 22.7 Å². The van der Waals surface area contributed by atoms with E-state index in [4.69, 9.17) is 23.1 Å². The number of nitrogens with one attached hydrogen (secondary N) is 2. The summed E-state index contributed by atoms with van der Waals surface area (Å²) >= 11 is 9.34. The van der Waals surface area contributed by atoms with Gasteiger partial charge >= 0.3 is 0 Å². The van der Waals surface area contributed by atoms with Gasteiger partial charge in [0.25, 0.3) is 0 Å². The topological polar surface area (TPSA) is 136 Å². The van der Waals surface area contributed by atoms with Gasteiger partial charge in [-0.3, -0.25) is 9.59 Å². The SMILES string of the molecule is CC(C)(N)C(=O)Nc1nc2c(Cl)c3nc(NC(=O)C(C)(C)N)sc3c(-c3ccccc3)c2s1. The van der Waals surface area contributed by atoms with Crippen molar-refractivity contribution in [3.05, 3.63) is 35.4 Å². The first-order valence-electron chi connectivity index (χ1n) is 10.0. The van der Waals surface area contributed by atoms with Crippen molar-refractivity contribution in [1.29, 1.82) is 0 Å². The smallest absolute Gasteiger partial charge is 0.245 e. The lowest BCUT2D eigenvalue weighted by molar-refractivity contribution is -0.120. The molecule has 0 saturated heterocycles. The second kappa shape index (κ2) is 8.30. The third kappa shape index (κ3) is 4.57. The number of thiazole rings is 2. The molecule has 0 spiro atoms. The summed E-state index contributed by atoms with van der Waals surface area (Å²) in [4.78, 5) is 33.9. The lowest BCUT2D eigenvalue weighted by Crippen LogP contribution is -2.45. The molecular weight excluding hydrogens is 480 g/mol. The van der Waals surface area contributed by atoms with Crippen molar-refractivity contribution in [2.24, 2.45) is 11.5 Å². The average Bonchev–Trinajstić information content (AvgIpc) is 3.32. The monoisotopic (exact) mass is 502 g/mol. The number of benzene rings is 2. The fraction of sp³-hybridized carbons (Fsp3) is 0.273. The minimum atomic E-state index is -1.06. The molecule has 0 saturated carbocycles. The number of carbonyl (C=O) groups is 2. The van der Waals surface area contributed by atoms with Crippen LogP contribution in [0.15, 0.2) is 30.3 Å². The van der Waals surface area contributed by atoms with E-state index in [-0.39, 0.29) is 11.8 Å². The van der Waals surface area contributed by atoms with Gasteiger partial charge in [0.1, 0.15) is 11.0 Å². The zero-order valence-electron chi connectivity index (χ0n) is 18.4. The largest absolute Gasteiger partial charge is 0.318 e. The van der Waals surface area contributed by atoms with E-state index >= 15 is 0 Å². The number of fused-ring (bicyclic) bond motifs is 2. The van der Waals surface area contributed by atoms with E-state index in [0.717, 1.165) is 20.5 Å². The number of aromatic nitrogens is 2. The Balaban J connectivity index is 1.93. The molecule has 2 aromatic heterocycles. The van der Waals surface area contributed by atoms with E-state index in [2.05, 4.69) is 20.6 Å². The normalized spacial score (nSPS) is 12.3. The van der Waals surface area contributed by atoms with Gasteiger partial charge in [0.15, 0.2) is 10.3 Å². The molecule has 8 nitrogen and oxygen atoms in total. The van der Waals surface area contributed by atoms with Crippen LogP contribution in [-0.4, -0.2) is 32.9 Å². The van der Waals surface area contributed by atoms with Gasteiger partial charge in [-0.2, -0.15) is 0 Å². The second-order valence-corrected chi connectivity index (χ2v) is 11.2. The molecule has 4 aromatic rings. The molecule has 11 heteroatoms. The molecule has 2 amide bonds. The number of halogens is 1. The summed E-state index contributed by atoms with van der Waals surface area (Å²) in [5, 5.41) is 6.67. The lowest BCUT2D eigenvalue weighted by Gasteiger charge is -2.16. The van der Waals surface area contributed by atoms with Crippen LogP contribution in [0.25, 0.3) is 31.6 Å². The summed E-state index contributed by atoms with van der Waals surface area (Å²) in [5.74, 6) is -0.707. The molecule has 0 bridgehead atoms. The van der Waals surface area contributed by atoms with Crippen molar-refractivity contribution in [1.82, 2.24) is 9.97 Å². The standard InChI is InChI=1S/C22H23ClN6O2S2/c1-21(2,24)17(30)28-19-26-13-12(23)14-16(33-20(27-14)29-18(31)22(3,4)25)11(15(13)32-19)10-8-6-5-7-9-10/h5-9H,24-25H2,1-4H3,(H,26,28,30)(H,27,29,31). The van der Waals surface area contributed by atoms with Gasteiger partial charge < -0.3 is 22.1 Å². The van der Waals surface area contributed by atoms with E-state index < -0.39 is 11.1 Å². The van der Waals surface area contributed by atoms with Crippen LogP contribution in [0.4, 0.5) is 10.3 Å². The summed E-state index contributed by atoms with van der Waals surface area (Å²) in [6.45, 7) is 6.49. The van der Waals surface area contributed by atoms with Crippen molar-refractivity contribution in [3.8, 4) is 11.1 Å². The fourth-order valence-corrected chi connectivity index (χ4v) is 5.51. The number of nitrogens with two attached hydrogens (primary N) is 2. The van der Waals surface area contributed by atoms with E-state index in [1.807, 2.05) is 30.3 Å². The van der Waals surface area contributed by atoms with E-state index in [1.54, 1.807) is 27.7 Å². The Morgan fingerprint density at radius 3 is 1.67 bits per heavy atom. The molecule has 2 heterocycles. The van der Waals surface area contributed by atoms with Gasteiger partial charge in [-0.05, 0) is 33.3 Å². The highest BCUT2D eigenvalue weighted by Gasteiger charge is 2.27. The van der Waals surface area contributed by atoms with Gasteiger partial charge in [-0.1, -0.05) is 64.6 Å². The fourth-order valence-electron chi connectivity index (χ4n) is 2.98. The van der Waals surface area contributed by atoms with Gasteiger partial charge in [0, 0.05) is 5.56 Å². The predicted molar refractivity (Wildman–Crippen MR) is 137 cm³/mol. The third-order valence-corrected chi connectivity index (χ3v) is 7.13. The zero-order valence-corrected chi connectivity index (χ0v) is 20.8. The quantitative estimate of drug-likeness (QED) is 0.315. The van der Waals surface area contributed by atoms with Gasteiger partial charge in [0.05, 0.1) is 25.5 Å². The van der Waals surface area contributed by atoms with Crippen LogP contribution < -0.4 is 22.1 Å². The first-order chi connectivity index (χ1) is 15.4. The molecule has 0 aliphatic heterocycles. The zero-order chi connectivity index (χ0) is 24.1. The number of hydrogen-bond donors (Lipinski definition) is 4. The Morgan fingerprint density at radius 2 is 1.27 bits per heavy atom. The molecule has 0 fully saturated rings. The molecule has 2 aromatic carbocycles. The number of rotatable bonds is 5. The maximum absolute atomic E-state index is 12.4. The molecule has 172 valence electrons. The Morgan fingerprint density at radius 1 is 0.848 bits per heavy atom. The number of amides is 2. The van der Waals surface area contributed by atoms with Crippen LogP contribution >= 0.6 is 34.3 Å². The van der Waals surface area contributed by atoms with Crippen molar-refractivity contribution in [2.45, 2.75) is 38.8 Å². The van der Waals surface area contributed by atoms with Gasteiger partial charge in [-0.15, -0.1) is 0 Å². The van der Waals surface area contributed by atoms with Gasteiger partial charge in [0.2, 0.25) is 11.8 Å². The molecule has 33 heavy (non-hydrogen) atoms. The Hall–Kier alpha value is -2.63. The second-order valence-electron chi connectivity index (χ2n) is 8.80. The molecule has 6 N–H and O–H groups in total. The number of hydrogen-bond acceptors (Lipinski definition) is 8. The third-order valence-electron chi connectivity index (χ3n) is 4.80. The summed E-state index contributed by atoms with van der Waals surface area (Å²) in [5.41, 5.74) is 12.5. The van der Waals surface area contributed by atoms with Crippen LogP contribution in [0, 0.1) is 0 Å². The predicted octanol–water partition coefficient (Wildman–Crippen LogP) is 4.58. The summed E-state index contributed by atoms with van der Waals surface area (Å²) in [7, 11) is 0. The maximum atomic E-state index is 12.4. The Bertz CT molecular complexity index is 1300.